The summed E-state index contributed by atoms with van der Waals surface area (Å²) < 4.78 is 0. The van der Waals surface area contributed by atoms with Gasteiger partial charge in [-0.05, 0) is 37.2 Å². The van der Waals surface area contributed by atoms with E-state index in [1.165, 1.54) is 10.4 Å². The van der Waals surface area contributed by atoms with Crippen molar-refractivity contribution in [3.63, 3.8) is 0 Å². The summed E-state index contributed by atoms with van der Waals surface area (Å²) in [6.45, 7) is 4.37. The second-order valence-electron chi connectivity index (χ2n) is 5.67. The molecule has 1 N–H and O–H groups in total. The van der Waals surface area contributed by atoms with Crippen LogP contribution in [0.3, 0.4) is 0 Å². The third-order valence-corrected chi connectivity index (χ3v) is 5.05. The average Bonchev–Trinajstić information content (AvgIpc) is 2.75. The van der Waals surface area contributed by atoms with Crippen LogP contribution in [0.2, 0.25) is 0 Å². The van der Waals surface area contributed by atoms with Crippen LogP contribution in [-0.2, 0) is 17.6 Å². The number of fused-ring (bicyclic) bond motifs is 1. The molecule has 1 aromatic heterocycles. The molecule has 1 aromatic rings. The van der Waals surface area contributed by atoms with Crippen molar-refractivity contribution in [2.75, 3.05) is 5.32 Å². The first-order valence-corrected chi connectivity index (χ1v) is 8.31. The lowest BCUT2D eigenvalue weighted by atomic mass is 9.88. The quantitative estimate of drug-likeness (QED) is 0.824. The monoisotopic (exact) mass is 290 g/mol. The summed E-state index contributed by atoms with van der Waals surface area (Å²) in [4.78, 5) is 13.2. The van der Waals surface area contributed by atoms with E-state index >= 15 is 0 Å². The second-order valence-corrected chi connectivity index (χ2v) is 6.78. The molecule has 1 amide bonds. The highest BCUT2D eigenvalue weighted by molar-refractivity contribution is 7.16. The number of carbonyl (C=O) groups is 1. The van der Waals surface area contributed by atoms with Gasteiger partial charge >= 0.3 is 0 Å². The number of rotatable bonds is 5. The van der Waals surface area contributed by atoms with Gasteiger partial charge in [0, 0.05) is 11.3 Å². The van der Waals surface area contributed by atoms with Crippen molar-refractivity contribution in [1.82, 2.24) is 0 Å². The largest absolute Gasteiger partial charge is 0.317 e. The number of unbranched alkanes of at least 4 members (excludes halogenated alkanes) is 2. The molecular formula is C16H22N2OS. The summed E-state index contributed by atoms with van der Waals surface area (Å²) >= 11 is 1.60. The fourth-order valence-corrected chi connectivity index (χ4v) is 4.06. The van der Waals surface area contributed by atoms with Crippen molar-refractivity contribution in [3.05, 3.63) is 16.0 Å². The molecule has 1 aliphatic rings. The number of nitrogens with zero attached hydrogens (tertiary/aromatic N) is 1. The maximum atomic E-state index is 11.9. The Balaban J connectivity index is 2.09. The smallest absolute Gasteiger partial charge is 0.225 e. The predicted octanol–water partition coefficient (Wildman–Crippen LogP) is 4.26. The van der Waals surface area contributed by atoms with E-state index in [4.69, 9.17) is 0 Å². The summed E-state index contributed by atoms with van der Waals surface area (Å²) in [6, 6.07) is 2.29. The molecule has 0 saturated heterocycles. The average molecular weight is 290 g/mol. The minimum atomic E-state index is 0.0431. The van der Waals surface area contributed by atoms with E-state index in [0.29, 0.717) is 17.9 Å². The van der Waals surface area contributed by atoms with Gasteiger partial charge in [0.1, 0.15) is 11.1 Å². The van der Waals surface area contributed by atoms with Crippen LogP contribution in [0.25, 0.3) is 0 Å². The van der Waals surface area contributed by atoms with E-state index in [2.05, 4.69) is 25.2 Å². The number of hydrogen-bond acceptors (Lipinski definition) is 3. The molecule has 1 aliphatic carbocycles. The van der Waals surface area contributed by atoms with Crippen molar-refractivity contribution in [1.29, 1.82) is 5.26 Å². The Hall–Kier alpha value is -1.34. The Morgan fingerprint density at radius 1 is 1.50 bits per heavy atom. The molecule has 2 rings (SSSR count). The topological polar surface area (TPSA) is 52.9 Å². The first kappa shape index (κ1) is 15.1. The van der Waals surface area contributed by atoms with Crippen LogP contribution in [0.1, 0.15) is 62.0 Å². The van der Waals surface area contributed by atoms with E-state index in [0.717, 1.165) is 43.5 Å². The van der Waals surface area contributed by atoms with Gasteiger partial charge in [0.25, 0.3) is 0 Å². The molecule has 0 aliphatic heterocycles. The lowest BCUT2D eigenvalue weighted by Crippen LogP contribution is -2.11. The van der Waals surface area contributed by atoms with Crippen molar-refractivity contribution in [2.45, 2.75) is 58.8 Å². The summed E-state index contributed by atoms with van der Waals surface area (Å²) in [5, 5.41) is 13.1. The number of nitrogens with one attached hydrogen (secondary N) is 1. The summed E-state index contributed by atoms with van der Waals surface area (Å²) in [5.74, 6) is 0.724. The van der Waals surface area contributed by atoms with Crippen molar-refractivity contribution < 1.29 is 4.79 Å². The predicted molar refractivity (Wildman–Crippen MR) is 83.0 cm³/mol. The number of thiophene rings is 1. The van der Waals surface area contributed by atoms with E-state index in [1.807, 2.05) is 0 Å². The minimum absolute atomic E-state index is 0.0431. The van der Waals surface area contributed by atoms with Gasteiger partial charge in [-0.3, -0.25) is 4.79 Å². The first-order valence-electron chi connectivity index (χ1n) is 7.50. The SMILES string of the molecule is CCCCCC(=O)Nc1sc2c(c1C#N)CC[C@H](C)C2. The molecule has 1 heterocycles. The third-order valence-electron chi connectivity index (χ3n) is 3.88. The number of nitriles is 1. The fraction of sp³-hybridized carbons (Fsp3) is 0.625. The summed E-state index contributed by atoms with van der Waals surface area (Å²) in [7, 11) is 0. The van der Waals surface area contributed by atoms with Crippen molar-refractivity contribution >= 4 is 22.2 Å². The fourth-order valence-electron chi connectivity index (χ4n) is 2.68. The molecule has 0 spiro atoms. The van der Waals surface area contributed by atoms with Gasteiger partial charge in [-0.2, -0.15) is 5.26 Å². The molecule has 0 saturated carbocycles. The van der Waals surface area contributed by atoms with Crippen LogP contribution < -0.4 is 5.32 Å². The van der Waals surface area contributed by atoms with Crippen molar-refractivity contribution in [3.8, 4) is 6.07 Å². The zero-order valence-electron chi connectivity index (χ0n) is 12.3. The maximum absolute atomic E-state index is 11.9. The van der Waals surface area contributed by atoms with E-state index in [-0.39, 0.29) is 5.91 Å². The Labute approximate surface area is 125 Å². The van der Waals surface area contributed by atoms with Gasteiger partial charge in [0.05, 0.1) is 5.56 Å². The Morgan fingerprint density at radius 2 is 2.30 bits per heavy atom. The highest BCUT2D eigenvalue weighted by Gasteiger charge is 2.24. The highest BCUT2D eigenvalue weighted by atomic mass is 32.1. The molecule has 1 atom stereocenters. The minimum Gasteiger partial charge on any atom is -0.317 e. The molecule has 0 fully saturated rings. The number of amides is 1. The molecular weight excluding hydrogens is 268 g/mol. The maximum Gasteiger partial charge on any atom is 0.225 e. The zero-order valence-corrected chi connectivity index (χ0v) is 13.1. The van der Waals surface area contributed by atoms with Gasteiger partial charge in [0.2, 0.25) is 5.91 Å². The molecule has 0 unspecified atom stereocenters. The first-order chi connectivity index (χ1) is 9.65. The summed E-state index contributed by atoms with van der Waals surface area (Å²) in [6.07, 6.45) is 6.83. The molecule has 108 valence electrons. The summed E-state index contributed by atoms with van der Waals surface area (Å²) in [5.41, 5.74) is 1.89. The Morgan fingerprint density at radius 3 is 3.00 bits per heavy atom. The van der Waals surface area contributed by atoms with Crippen molar-refractivity contribution in [2.24, 2.45) is 5.92 Å². The van der Waals surface area contributed by atoms with Gasteiger partial charge in [-0.1, -0.05) is 26.7 Å². The second kappa shape index (κ2) is 6.90. The number of hydrogen-bond donors (Lipinski definition) is 1. The van der Waals surface area contributed by atoms with Gasteiger partial charge in [-0.25, -0.2) is 0 Å². The molecule has 4 heteroatoms. The van der Waals surface area contributed by atoms with Crippen LogP contribution in [0.15, 0.2) is 0 Å². The van der Waals surface area contributed by atoms with E-state index in [1.54, 1.807) is 11.3 Å². The van der Waals surface area contributed by atoms with Crippen LogP contribution in [-0.4, -0.2) is 5.91 Å². The highest BCUT2D eigenvalue weighted by Crippen LogP contribution is 2.39. The zero-order chi connectivity index (χ0) is 14.5. The number of carbonyl (C=O) groups excluding carboxylic acids is 1. The lowest BCUT2D eigenvalue weighted by Gasteiger charge is -2.17. The van der Waals surface area contributed by atoms with Crippen LogP contribution in [0, 0.1) is 17.2 Å². The Bertz CT molecular complexity index is 527. The number of anilines is 1. The van der Waals surface area contributed by atoms with E-state index in [9.17, 15) is 10.1 Å². The molecule has 20 heavy (non-hydrogen) atoms. The van der Waals surface area contributed by atoms with Gasteiger partial charge in [0.15, 0.2) is 0 Å². The van der Waals surface area contributed by atoms with Gasteiger partial charge in [-0.15, -0.1) is 11.3 Å². The molecule has 0 aromatic carbocycles. The van der Waals surface area contributed by atoms with Gasteiger partial charge < -0.3 is 5.32 Å². The molecule has 0 bridgehead atoms. The van der Waals surface area contributed by atoms with Crippen LogP contribution in [0.4, 0.5) is 5.00 Å². The van der Waals surface area contributed by atoms with Crippen LogP contribution in [0.5, 0.6) is 0 Å². The lowest BCUT2D eigenvalue weighted by molar-refractivity contribution is -0.116. The Kier molecular flexibility index (Phi) is 5.19. The third kappa shape index (κ3) is 3.40. The molecule has 3 nitrogen and oxygen atoms in total. The van der Waals surface area contributed by atoms with Crippen LogP contribution >= 0.6 is 11.3 Å². The normalized spacial score (nSPS) is 17.4. The standard InChI is InChI=1S/C16H22N2OS/c1-3-4-5-6-15(19)18-16-13(10-17)12-8-7-11(2)9-14(12)20-16/h11H,3-9H2,1-2H3,(H,18,19)/t11-/m0/s1. The van der Waals surface area contributed by atoms with E-state index < -0.39 is 0 Å². The molecule has 0 radical (unpaired) electrons.